The van der Waals surface area contributed by atoms with Gasteiger partial charge in [-0.2, -0.15) is 0 Å². The molecule has 0 bridgehead atoms. The molecular weight excluding hydrogens is 222 g/mol. The Bertz CT molecular complexity index is 259. The summed E-state index contributed by atoms with van der Waals surface area (Å²) in [4.78, 5) is 34.0. The van der Waals surface area contributed by atoms with E-state index in [1.54, 1.807) is 0 Å². The van der Waals surface area contributed by atoms with Crippen LogP contribution in [0.3, 0.4) is 0 Å². The third kappa shape index (κ3) is 4.69. The number of rotatable bonds is 4. The maximum atomic E-state index is 10.5. The van der Waals surface area contributed by atoms with E-state index in [9.17, 15) is 9.13 Å². The van der Waals surface area contributed by atoms with Gasteiger partial charge in [-0.05, 0) is 6.42 Å². The highest BCUT2D eigenvalue weighted by molar-refractivity contribution is 7.77. The summed E-state index contributed by atoms with van der Waals surface area (Å²) in [7, 11) is -9.88. The van der Waals surface area contributed by atoms with Crippen LogP contribution in [0.1, 0.15) is 6.42 Å². The third-order valence-electron chi connectivity index (χ3n) is 1.05. The Balaban J connectivity index is 5.02. The fraction of sp³-hybridized carbons (Fsp3) is 0.500. The smallest absolute Gasteiger partial charge is 0.364 e. The maximum Gasteiger partial charge on any atom is 0.364 e. The molecule has 9 heteroatoms. The van der Waals surface area contributed by atoms with Crippen molar-refractivity contribution >= 4 is 15.2 Å². The minimum Gasteiger partial charge on any atom is -0.396 e. The lowest BCUT2D eigenvalue weighted by Crippen LogP contribution is -1.90. The Morgan fingerprint density at radius 1 is 1.08 bits per heavy atom. The largest absolute Gasteiger partial charge is 0.396 e. The summed E-state index contributed by atoms with van der Waals surface area (Å²) in [6.45, 7) is -0.441. The molecule has 0 amide bonds. The first-order chi connectivity index (χ1) is 5.69. The Hall–Kier alpha value is -0.0000000000000000971. The van der Waals surface area contributed by atoms with E-state index < -0.39 is 26.9 Å². The molecule has 0 aliphatic rings. The minimum atomic E-state index is -4.94. The van der Waals surface area contributed by atoms with Crippen LogP contribution in [0, 0.1) is 0 Å². The van der Waals surface area contributed by atoms with Gasteiger partial charge in [0.15, 0.2) is 0 Å². The molecule has 0 radical (unpaired) electrons. The fourth-order valence-electron chi connectivity index (χ4n) is 0.601. The van der Waals surface area contributed by atoms with E-state index in [0.717, 1.165) is 0 Å². The SMILES string of the molecule is O=P(O)(O)C(=CCCO)P(=O)(O)O. The van der Waals surface area contributed by atoms with Gasteiger partial charge in [0.05, 0.1) is 0 Å². The van der Waals surface area contributed by atoms with E-state index in [0.29, 0.717) is 6.08 Å². The van der Waals surface area contributed by atoms with Crippen molar-refractivity contribution in [1.29, 1.82) is 0 Å². The quantitative estimate of drug-likeness (QED) is 0.414. The van der Waals surface area contributed by atoms with Crippen molar-refractivity contribution in [2.24, 2.45) is 0 Å². The Labute approximate surface area is 74.0 Å². The molecule has 0 heterocycles. The van der Waals surface area contributed by atoms with Gasteiger partial charge >= 0.3 is 15.2 Å². The van der Waals surface area contributed by atoms with Gasteiger partial charge in [0.2, 0.25) is 0 Å². The molecule has 0 saturated heterocycles. The minimum absolute atomic E-state index is 0.217. The van der Waals surface area contributed by atoms with E-state index in [2.05, 4.69) is 0 Å². The van der Waals surface area contributed by atoms with Crippen molar-refractivity contribution in [2.45, 2.75) is 6.42 Å². The number of aliphatic hydroxyl groups is 1. The molecule has 0 aromatic rings. The molecule has 0 aromatic carbocycles. The Kier molecular flexibility index (Phi) is 4.48. The number of aliphatic hydroxyl groups excluding tert-OH is 1. The molecule has 0 rings (SSSR count). The van der Waals surface area contributed by atoms with E-state index in [1.165, 1.54) is 0 Å². The summed E-state index contributed by atoms with van der Waals surface area (Å²) >= 11 is 0. The van der Waals surface area contributed by atoms with E-state index in [-0.39, 0.29) is 6.42 Å². The van der Waals surface area contributed by atoms with Gasteiger partial charge in [-0.1, -0.05) is 6.08 Å². The lowest BCUT2D eigenvalue weighted by Gasteiger charge is -2.10. The summed E-state index contributed by atoms with van der Waals surface area (Å²) in [5.74, 6) is 0. The van der Waals surface area contributed by atoms with Crippen LogP contribution in [0.2, 0.25) is 0 Å². The molecule has 0 aliphatic carbocycles. The molecular formula is C4H10O7P2. The van der Waals surface area contributed by atoms with Crippen LogP contribution in [0.15, 0.2) is 11.1 Å². The summed E-state index contributed by atoms with van der Waals surface area (Å²) in [6, 6.07) is 0. The maximum absolute atomic E-state index is 10.5. The monoisotopic (exact) mass is 232 g/mol. The molecule has 0 aliphatic heterocycles. The molecule has 0 aromatic heterocycles. The van der Waals surface area contributed by atoms with Crippen LogP contribution < -0.4 is 0 Å². The van der Waals surface area contributed by atoms with Gasteiger partial charge in [0, 0.05) is 6.61 Å². The van der Waals surface area contributed by atoms with E-state index in [1.807, 2.05) is 0 Å². The van der Waals surface area contributed by atoms with Gasteiger partial charge in [0.1, 0.15) is 5.06 Å². The zero-order chi connectivity index (χ0) is 10.7. The highest BCUT2D eigenvalue weighted by Crippen LogP contribution is 2.63. The average Bonchev–Trinajstić information content (AvgIpc) is 1.81. The summed E-state index contributed by atoms with van der Waals surface area (Å²) in [5, 5.41) is 7.05. The van der Waals surface area contributed by atoms with Crippen LogP contribution >= 0.6 is 15.2 Å². The summed E-state index contributed by atoms with van der Waals surface area (Å²) in [5.41, 5.74) is 0. The number of hydrogen-bond donors (Lipinski definition) is 5. The lowest BCUT2D eigenvalue weighted by atomic mass is 10.5. The fourth-order valence-corrected chi connectivity index (χ4v) is 2.69. The zero-order valence-electron chi connectivity index (χ0n) is 6.44. The second-order valence-corrected chi connectivity index (χ2v) is 5.66. The molecule has 0 saturated carbocycles. The van der Waals surface area contributed by atoms with Crippen molar-refractivity contribution in [3.63, 3.8) is 0 Å². The van der Waals surface area contributed by atoms with E-state index >= 15 is 0 Å². The second kappa shape index (κ2) is 4.48. The highest BCUT2D eigenvalue weighted by atomic mass is 31.2. The van der Waals surface area contributed by atoms with Crippen LogP contribution in [0.5, 0.6) is 0 Å². The van der Waals surface area contributed by atoms with Crippen LogP contribution in [-0.4, -0.2) is 31.3 Å². The first-order valence-electron chi connectivity index (χ1n) is 3.13. The van der Waals surface area contributed by atoms with Gasteiger partial charge in [-0.25, -0.2) is 0 Å². The van der Waals surface area contributed by atoms with Gasteiger partial charge in [0.25, 0.3) is 0 Å². The summed E-state index contributed by atoms with van der Waals surface area (Å²) in [6.07, 6.45) is 0.438. The van der Waals surface area contributed by atoms with Gasteiger partial charge in [-0.15, -0.1) is 0 Å². The van der Waals surface area contributed by atoms with Crippen LogP contribution in [-0.2, 0) is 9.13 Å². The van der Waals surface area contributed by atoms with Crippen molar-refractivity contribution in [3.05, 3.63) is 11.1 Å². The molecule has 5 N–H and O–H groups in total. The van der Waals surface area contributed by atoms with Crippen molar-refractivity contribution in [1.82, 2.24) is 0 Å². The zero-order valence-corrected chi connectivity index (χ0v) is 8.23. The molecule has 13 heavy (non-hydrogen) atoms. The van der Waals surface area contributed by atoms with Crippen molar-refractivity contribution in [3.8, 4) is 0 Å². The van der Waals surface area contributed by atoms with Crippen molar-refractivity contribution in [2.75, 3.05) is 6.61 Å². The highest BCUT2D eigenvalue weighted by Gasteiger charge is 2.35. The predicted octanol–water partition coefficient (Wildman–Crippen LogP) is -0.434. The van der Waals surface area contributed by atoms with Crippen LogP contribution in [0.4, 0.5) is 0 Å². The molecule has 0 fully saturated rings. The lowest BCUT2D eigenvalue weighted by molar-refractivity contribution is 0.302. The normalized spacial score (nSPS) is 12.7. The topological polar surface area (TPSA) is 135 Å². The first-order valence-corrected chi connectivity index (χ1v) is 6.35. The second-order valence-electron chi connectivity index (χ2n) is 2.16. The molecule has 78 valence electrons. The Morgan fingerprint density at radius 3 is 1.69 bits per heavy atom. The van der Waals surface area contributed by atoms with E-state index in [4.69, 9.17) is 24.7 Å². The van der Waals surface area contributed by atoms with Crippen molar-refractivity contribution < 1.29 is 33.8 Å². The third-order valence-corrected chi connectivity index (χ3v) is 4.18. The molecule has 0 atom stereocenters. The predicted molar refractivity (Wildman–Crippen MR) is 43.9 cm³/mol. The molecule has 0 unspecified atom stereocenters. The standard InChI is InChI=1S/C4H10O7P2/c5-3-1-2-4(12(6,7)8)13(9,10)11/h2,5H,1,3H2,(H2,6,7,8)(H2,9,10,11). The van der Waals surface area contributed by atoms with Crippen LogP contribution in [0.25, 0.3) is 0 Å². The Morgan fingerprint density at radius 2 is 1.46 bits per heavy atom. The molecule has 0 spiro atoms. The van der Waals surface area contributed by atoms with Gasteiger partial charge in [-0.3, -0.25) is 9.13 Å². The summed E-state index contributed by atoms with van der Waals surface area (Å²) < 4.78 is 21.1. The average molecular weight is 232 g/mol. The number of hydrogen-bond acceptors (Lipinski definition) is 3. The van der Waals surface area contributed by atoms with Gasteiger partial charge < -0.3 is 24.7 Å². The first kappa shape index (κ1) is 13.0. The molecule has 7 nitrogen and oxygen atoms in total.